The van der Waals surface area contributed by atoms with Crippen LogP contribution < -0.4 is 4.74 Å². The van der Waals surface area contributed by atoms with Crippen LogP contribution in [0.15, 0.2) is 42.6 Å². The average Bonchev–Trinajstić information content (AvgIpc) is 2.94. The molecule has 1 aromatic heterocycles. The fourth-order valence-electron chi connectivity index (χ4n) is 4.32. The maximum absolute atomic E-state index is 13.1. The number of hydrogen-bond donors (Lipinski definition) is 0. The van der Waals surface area contributed by atoms with Crippen LogP contribution in [-0.4, -0.2) is 47.6 Å². The number of nitrogens with zero attached hydrogens (tertiary/aromatic N) is 3. The third-order valence-corrected chi connectivity index (χ3v) is 5.61. The Kier molecular flexibility index (Phi) is 5.18. The number of ether oxygens (including phenoxy) is 1. The molecule has 3 saturated heterocycles. The normalized spacial score (nSPS) is 23.8. The molecule has 0 unspecified atom stereocenters. The van der Waals surface area contributed by atoms with Crippen molar-refractivity contribution in [3.05, 3.63) is 59.7 Å². The number of benzene rings is 1. The fourth-order valence-corrected chi connectivity index (χ4v) is 4.32. The van der Waals surface area contributed by atoms with Crippen LogP contribution in [0.25, 0.3) is 0 Å². The summed E-state index contributed by atoms with van der Waals surface area (Å²) in [4.78, 5) is 9.64. The van der Waals surface area contributed by atoms with E-state index in [0.717, 1.165) is 44.2 Å². The van der Waals surface area contributed by atoms with Crippen LogP contribution in [0.4, 0.5) is 4.39 Å². The molecule has 0 saturated carbocycles. The smallest absolute Gasteiger partial charge is 0.123 e. The topological polar surface area (TPSA) is 28.6 Å². The second kappa shape index (κ2) is 7.72. The summed E-state index contributed by atoms with van der Waals surface area (Å²) in [6, 6.07) is 11.4. The standard InChI is InChI=1S/C21H26FN3O/c1-26-21-8-9-23-19(10-21)14-25-13-17-4-7-20(25)15-24(12-17)11-16-2-5-18(22)6-3-16/h2-3,5-6,8-10,17,20H,4,7,11-15H2,1H3/t17-,20+/m0/s1. The highest BCUT2D eigenvalue weighted by atomic mass is 19.1. The van der Waals surface area contributed by atoms with Gasteiger partial charge in [0.15, 0.2) is 0 Å². The molecule has 2 aromatic rings. The van der Waals surface area contributed by atoms with E-state index < -0.39 is 0 Å². The number of pyridine rings is 1. The van der Waals surface area contributed by atoms with Crippen molar-refractivity contribution in [1.29, 1.82) is 0 Å². The molecule has 3 aliphatic heterocycles. The Morgan fingerprint density at radius 1 is 1.08 bits per heavy atom. The lowest BCUT2D eigenvalue weighted by Crippen LogP contribution is -2.43. The van der Waals surface area contributed by atoms with Crippen molar-refractivity contribution >= 4 is 0 Å². The predicted octanol–water partition coefficient (Wildman–Crippen LogP) is 3.33. The third kappa shape index (κ3) is 4.05. The molecule has 138 valence electrons. The Hall–Kier alpha value is -1.98. The highest BCUT2D eigenvalue weighted by molar-refractivity contribution is 5.22. The van der Waals surface area contributed by atoms with Crippen LogP contribution in [0.3, 0.4) is 0 Å². The van der Waals surface area contributed by atoms with E-state index in [1.165, 1.54) is 18.4 Å². The quantitative estimate of drug-likeness (QED) is 0.823. The molecular formula is C21H26FN3O. The van der Waals surface area contributed by atoms with Gasteiger partial charge in [0, 0.05) is 51.0 Å². The summed E-state index contributed by atoms with van der Waals surface area (Å²) in [6.07, 6.45) is 4.37. The lowest BCUT2D eigenvalue weighted by atomic mass is 9.95. The van der Waals surface area contributed by atoms with E-state index >= 15 is 0 Å². The monoisotopic (exact) mass is 355 g/mol. The summed E-state index contributed by atoms with van der Waals surface area (Å²) >= 11 is 0. The summed E-state index contributed by atoms with van der Waals surface area (Å²) in [7, 11) is 1.69. The molecular weight excluding hydrogens is 329 g/mol. The van der Waals surface area contributed by atoms with Crippen molar-refractivity contribution < 1.29 is 9.13 Å². The van der Waals surface area contributed by atoms with Gasteiger partial charge in [-0.2, -0.15) is 0 Å². The molecule has 4 nitrogen and oxygen atoms in total. The zero-order valence-corrected chi connectivity index (χ0v) is 15.3. The molecule has 3 fully saturated rings. The van der Waals surface area contributed by atoms with Gasteiger partial charge in [0.05, 0.1) is 12.8 Å². The number of methoxy groups -OCH3 is 1. The van der Waals surface area contributed by atoms with Crippen LogP contribution in [0, 0.1) is 11.7 Å². The largest absolute Gasteiger partial charge is 0.497 e. The zero-order valence-electron chi connectivity index (χ0n) is 15.3. The first-order chi connectivity index (χ1) is 12.7. The summed E-state index contributed by atoms with van der Waals surface area (Å²) in [5.41, 5.74) is 2.26. The minimum absolute atomic E-state index is 0.165. The maximum Gasteiger partial charge on any atom is 0.123 e. The van der Waals surface area contributed by atoms with Gasteiger partial charge in [0.2, 0.25) is 0 Å². The molecule has 5 heteroatoms. The van der Waals surface area contributed by atoms with Gasteiger partial charge in [-0.3, -0.25) is 14.8 Å². The lowest BCUT2D eigenvalue weighted by molar-refractivity contribution is 0.121. The first kappa shape index (κ1) is 17.4. The van der Waals surface area contributed by atoms with Gasteiger partial charge in [-0.25, -0.2) is 4.39 Å². The first-order valence-electron chi connectivity index (χ1n) is 9.39. The number of fused-ring (bicyclic) bond motifs is 4. The van der Waals surface area contributed by atoms with Crippen LogP contribution >= 0.6 is 0 Å². The molecule has 26 heavy (non-hydrogen) atoms. The minimum atomic E-state index is -0.165. The van der Waals surface area contributed by atoms with Crippen LogP contribution in [0.2, 0.25) is 0 Å². The van der Waals surface area contributed by atoms with E-state index in [1.54, 1.807) is 19.2 Å². The van der Waals surface area contributed by atoms with Gasteiger partial charge in [0.25, 0.3) is 0 Å². The average molecular weight is 355 g/mol. The SMILES string of the molecule is COc1ccnc(CN2C[C@H]3CC[C@@H]2CN(Cc2ccc(F)cc2)C3)c1. The van der Waals surface area contributed by atoms with Gasteiger partial charge in [-0.05, 0) is 42.5 Å². The minimum Gasteiger partial charge on any atom is -0.497 e. The Morgan fingerprint density at radius 3 is 2.73 bits per heavy atom. The maximum atomic E-state index is 13.1. The Labute approximate surface area is 154 Å². The van der Waals surface area contributed by atoms with E-state index in [4.69, 9.17) is 4.74 Å². The van der Waals surface area contributed by atoms with Gasteiger partial charge in [0.1, 0.15) is 11.6 Å². The molecule has 0 radical (unpaired) electrons. The Balaban J connectivity index is 1.43. The van der Waals surface area contributed by atoms with Gasteiger partial charge >= 0.3 is 0 Å². The molecule has 2 bridgehead atoms. The molecule has 0 aliphatic carbocycles. The van der Waals surface area contributed by atoms with E-state index in [0.29, 0.717) is 12.0 Å². The molecule has 1 aromatic carbocycles. The van der Waals surface area contributed by atoms with Gasteiger partial charge in [-0.1, -0.05) is 12.1 Å². The number of aromatic nitrogens is 1. The molecule has 3 aliphatic rings. The summed E-state index contributed by atoms with van der Waals surface area (Å²) < 4.78 is 18.5. The molecule has 5 rings (SSSR count). The second-order valence-corrected chi connectivity index (χ2v) is 7.53. The van der Waals surface area contributed by atoms with Crippen LogP contribution in [0.5, 0.6) is 5.75 Å². The van der Waals surface area contributed by atoms with E-state index in [-0.39, 0.29) is 5.82 Å². The lowest BCUT2D eigenvalue weighted by Gasteiger charge is -2.36. The molecule has 0 N–H and O–H groups in total. The van der Waals surface area contributed by atoms with Crippen LogP contribution in [0.1, 0.15) is 24.1 Å². The molecule has 2 atom stereocenters. The number of hydrogen-bond acceptors (Lipinski definition) is 4. The molecule has 0 amide bonds. The predicted molar refractivity (Wildman–Crippen MR) is 99.4 cm³/mol. The summed E-state index contributed by atoms with van der Waals surface area (Å²) in [5.74, 6) is 1.40. The van der Waals surface area contributed by atoms with Crippen molar-refractivity contribution in [3.8, 4) is 5.75 Å². The van der Waals surface area contributed by atoms with Crippen molar-refractivity contribution in [2.24, 2.45) is 5.92 Å². The van der Waals surface area contributed by atoms with E-state index in [9.17, 15) is 4.39 Å². The highest BCUT2D eigenvalue weighted by Gasteiger charge is 2.34. The second-order valence-electron chi connectivity index (χ2n) is 7.53. The fraction of sp³-hybridized carbons (Fsp3) is 0.476. The van der Waals surface area contributed by atoms with Crippen molar-refractivity contribution in [2.75, 3.05) is 26.7 Å². The first-order valence-corrected chi connectivity index (χ1v) is 9.39. The van der Waals surface area contributed by atoms with Crippen molar-refractivity contribution in [2.45, 2.75) is 32.0 Å². The van der Waals surface area contributed by atoms with E-state index in [2.05, 4.69) is 14.8 Å². The van der Waals surface area contributed by atoms with Crippen molar-refractivity contribution in [1.82, 2.24) is 14.8 Å². The number of halogens is 1. The van der Waals surface area contributed by atoms with Crippen molar-refractivity contribution in [3.63, 3.8) is 0 Å². The summed E-state index contributed by atoms with van der Waals surface area (Å²) in [5, 5.41) is 0. The summed E-state index contributed by atoms with van der Waals surface area (Å²) in [6.45, 7) is 5.10. The van der Waals surface area contributed by atoms with Gasteiger partial charge < -0.3 is 4.74 Å². The zero-order chi connectivity index (χ0) is 17.9. The number of rotatable bonds is 5. The Bertz CT molecular complexity index is 736. The van der Waals surface area contributed by atoms with Gasteiger partial charge in [-0.15, -0.1) is 0 Å². The Morgan fingerprint density at radius 2 is 1.92 bits per heavy atom. The highest BCUT2D eigenvalue weighted by Crippen LogP contribution is 2.30. The molecule has 4 heterocycles. The van der Waals surface area contributed by atoms with E-state index in [1.807, 2.05) is 30.5 Å². The third-order valence-electron chi connectivity index (χ3n) is 5.61. The molecule has 0 spiro atoms. The van der Waals surface area contributed by atoms with Crippen LogP contribution in [-0.2, 0) is 13.1 Å². The number of piperidine rings is 1.